The van der Waals surface area contributed by atoms with Crippen LogP contribution in [0.5, 0.6) is 0 Å². The average Bonchev–Trinajstić information content (AvgIpc) is 2.81. The molecule has 1 aliphatic rings. The van der Waals surface area contributed by atoms with Gasteiger partial charge in [-0.3, -0.25) is 14.9 Å². The minimum Gasteiger partial charge on any atom is -0.393 e. The number of aliphatic hydroxyl groups excluding tert-OH is 1. The molecule has 1 aromatic carbocycles. The Hall–Kier alpha value is -2.02. The number of halogens is 1. The summed E-state index contributed by atoms with van der Waals surface area (Å²) in [5, 5.41) is 23.0. The zero-order chi connectivity index (χ0) is 14.7. The van der Waals surface area contributed by atoms with Crippen molar-refractivity contribution in [3.05, 3.63) is 39.7 Å². The summed E-state index contributed by atoms with van der Waals surface area (Å²) in [5.41, 5.74) is -0.738. The van der Waals surface area contributed by atoms with Gasteiger partial charge in [-0.2, -0.15) is 0 Å². The molecule has 0 aromatic heterocycles. The Balaban J connectivity index is 2.07. The molecule has 1 amide bonds. The van der Waals surface area contributed by atoms with Gasteiger partial charge >= 0.3 is 0 Å². The molecular formula is C13H15FN2O4. The number of carbonyl (C=O) groups excluding carboxylic acids is 1. The summed E-state index contributed by atoms with van der Waals surface area (Å²) in [6.45, 7) is 0.258. The predicted octanol–water partition coefficient (Wildman–Crippen LogP) is 1.62. The van der Waals surface area contributed by atoms with Crippen LogP contribution in [0.15, 0.2) is 18.2 Å². The van der Waals surface area contributed by atoms with Crippen molar-refractivity contribution < 1.29 is 19.2 Å². The highest BCUT2D eigenvalue weighted by molar-refractivity contribution is 5.98. The normalized spacial score (nSPS) is 21.7. The topological polar surface area (TPSA) is 92.5 Å². The molecular weight excluding hydrogens is 267 g/mol. The molecule has 2 N–H and O–H groups in total. The highest BCUT2D eigenvalue weighted by Crippen LogP contribution is 2.25. The van der Waals surface area contributed by atoms with E-state index < -0.39 is 28.4 Å². The number of nitro benzene ring substituents is 1. The summed E-state index contributed by atoms with van der Waals surface area (Å²) >= 11 is 0. The van der Waals surface area contributed by atoms with Gasteiger partial charge in [-0.1, -0.05) is 6.42 Å². The second-order valence-corrected chi connectivity index (χ2v) is 4.89. The summed E-state index contributed by atoms with van der Waals surface area (Å²) in [7, 11) is 0. The van der Waals surface area contributed by atoms with Gasteiger partial charge in [-0.05, 0) is 25.0 Å². The van der Waals surface area contributed by atoms with Gasteiger partial charge < -0.3 is 10.4 Å². The van der Waals surface area contributed by atoms with E-state index in [1.807, 2.05) is 0 Å². The van der Waals surface area contributed by atoms with E-state index in [-0.39, 0.29) is 18.0 Å². The zero-order valence-electron chi connectivity index (χ0n) is 10.7. The van der Waals surface area contributed by atoms with Gasteiger partial charge in [0.05, 0.1) is 17.1 Å². The lowest BCUT2D eigenvalue weighted by Gasteiger charge is -2.15. The van der Waals surface area contributed by atoms with Gasteiger partial charge in [-0.15, -0.1) is 0 Å². The SMILES string of the molecule is O=C(NCC1CCCC1O)c1ccc(F)cc1[N+](=O)[O-]. The van der Waals surface area contributed by atoms with E-state index in [1.165, 1.54) is 0 Å². The van der Waals surface area contributed by atoms with Gasteiger partial charge in [0.15, 0.2) is 0 Å². The molecule has 1 aliphatic carbocycles. The van der Waals surface area contributed by atoms with Crippen LogP contribution in [0.3, 0.4) is 0 Å². The van der Waals surface area contributed by atoms with E-state index in [0.29, 0.717) is 6.42 Å². The van der Waals surface area contributed by atoms with Crippen molar-refractivity contribution in [3.63, 3.8) is 0 Å². The third kappa shape index (κ3) is 3.11. The van der Waals surface area contributed by atoms with Crippen LogP contribution in [-0.2, 0) is 0 Å². The van der Waals surface area contributed by atoms with Crippen LogP contribution in [0.2, 0.25) is 0 Å². The first-order valence-electron chi connectivity index (χ1n) is 6.39. The van der Waals surface area contributed by atoms with Gasteiger partial charge in [0.2, 0.25) is 0 Å². The maximum Gasteiger partial charge on any atom is 0.285 e. The summed E-state index contributed by atoms with van der Waals surface area (Å²) in [4.78, 5) is 21.9. The Kier molecular flexibility index (Phi) is 4.29. The van der Waals surface area contributed by atoms with E-state index in [0.717, 1.165) is 31.0 Å². The van der Waals surface area contributed by atoms with E-state index in [2.05, 4.69) is 5.32 Å². The predicted molar refractivity (Wildman–Crippen MR) is 68.7 cm³/mol. The molecule has 6 nitrogen and oxygen atoms in total. The van der Waals surface area contributed by atoms with Crippen molar-refractivity contribution in [2.45, 2.75) is 25.4 Å². The summed E-state index contributed by atoms with van der Waals surface area (Å²) in [6, 6.07) is 2.82. The second-order valence-electron chi connectivity index (χ2n) is 4.89. The van der Waals surface area contributed by atoms with Crippen molar-refractivity contribution in [3.8, 4) is 0 Å². The maximum atomic E-state index is 13.0. The van der Waals surface area contributed by atoms with Gasteiger partial charge in [0.1, 0.15) is 11.4 Å². The first kappa shape index (κ1) is 14.4. The first-order chi connectivity index (χ1) is 9.49. The number of hydrogen-bond acceptors (Lipinski definition) is 4. The fourth-order valence-electron chi connectivity index (χ4n) is 2.42. The van der Waals surface area contributed by atoms with Crippen LogP contribution in [0.4, 0.5) is 10.1 Å². The van der Waals surface area contributed by atoms with E-state index >= 15 is 0 Å². The highest BCUT2D eigenvalue weighted by atomic mass is 19.1. The number of nitro groups is 1. The number of amides is 1. The largest absolute Gasteiger partial charge is 0.393 e. The van der Waals surface area contributed by atoms with Crippen molar-refractivity contribution >= 4 is 11.6 Å². The molecule has 0 bridgehead atoms. The van der Waals surface area contributed by atoms with Crippen LogP contribution >= 0.6 is 0 Å². The minimum absolute atomic E-state index is 0.0292. The molecule has 0 spiro atoms. The second kappa shape index (κ2) is 5.96. The number of benzene rings is 1. The lowest BCUT2D eigenvalue weighted by molar-refractivity contribution is -0.385. The smallest absolute Gasteiger partial charge is 0.285 e. The molecule has 0 saturated heterocycles. The van der Waals surface area contributed by atoms with Crippen LogP contribution in [-0.4, -0.2) is 28.6 Å². The zero-order valence-corrected chi connectivity index (χ0v) is 10.7. The standard InChI is InChI=1S/C13H15FN2O4/c14-9-4-5-10(11(6-9)16(19)20)13(18)15-7-8-2-1-3-12(8)17/h4-6,8,12,17H,1-3,7H2,(H,15,18). The fraction of sp³-hybridized carbons (Fsp3) is 0.462. The number of carbonyl (C=O) groups is 1. The lowest BCUT2D eigenvalue weighted by Crippen LogP contribution is -2.32. The molecule has 108 valence electrons. The Labute approximate surface area is 114 Å². The number of aliphatic hydroxyl groups is 1. The van der Waals surface area contributed by atoms with Crippen LogP contribution in [0.25, 0.3) is 0 Å². The molecule has 1 saturated carbocycles. The van der Waals surface area contributed by atoms with Crippen molar-refractivity contribution in [2.24, 2.45) is 5.92 Å². The van der Waals surface area contributed by atoms with Crippen molar-refractivity contribution in [2.75, 3.05) is 6.54 Å². The maximum absolute atomic E-state index is 13.0. The Morgan fingerprint density at radius 2 is 2.25 bits per heavy atom. The van der Waals surface area contributed by atoms with E-state index in [1.54, 1.807) is 0 Å². The highest BCUT2D eigenvalue weighted by Gasteiger charge is 2.27. The van der Waals surface area contributed by atoms with Crippen LogP contribution in [0, 0.1) is 21.8 Å². The average molecular weight is 282 g/mol. The van der Waals surface area contributed by atoms with Gasteiger partial charge in [-0.25, -0.2) is 4.39 Å². The fourth-order valence-corrected chi connectivity index (χ4v) is 2.42. The monoisotopic (exact) mass is 282 g/mol. The van der Waals surface area contributed by atoms with E-state index in [9.17, 15) is 24.4 Å². The third-order valence-corrected chi connectivity index (χ3v) is 3.54. The number of nitrogens with one attached hydrogen (secondary N) is 1. The van der Waals surface area contributed by atoms with Gasteiger partial charge in [0, 0.05) is 12.5 Å². The number of rotatable bonds is 4. The summed E-state index contributed by atoms with van der Waals surface area (Å²) in [6.07, 6.45) is 1.97. The third-order valence-electron chi connectivity index (χ3n) is 3.54. The quantitative estimate of drug-likeness (QED) is 0.648. The summed E-state index contributed by atoms with van der Waals surface area (Å²) in [5.74, 6) is -1.42. The summed E-state index contributed by atoms with van der Waals surface area (Å²) < 4.78 is 13.0. The Morgan fingerprint density at radius 1 is 1.50 bits per heavy atom. The molecule has 20 heavy (non-hydrogen) atoms. The molecule has 0 aliphatic heterocycles. The molecule has 2 atom stereocenters. The van der Waals surface area contributed by atoms with E-state index in [4.69, 9.17) is 0 Å². The van der Waals surface area contributed by atoms with Crippen molar-refractivity contribution in [1.29, 1.82) is 0 Å². The van der Waals surface area contributed by atoms with Crippen LogP contribution in [0.1, 0.15) is 29.6 Å². The van der Waals surface area contributed by atoms with Crippen LogP contribution < -0.4 is 5.32 Å². The molecule has 1 aromatic rings. The molecule has 2 rings (SSSR count). The Bertz CT molecular complexity index is 535. The lowest BCUT2D eigenvalue weighted by atomic mass is 10.1. The molecule has 2 unspecified atom stereocenters. The Morgan fingerprint density at radius 3 is 2.85 bits per heavy atom. The minimum atomic E-state index is -0.789. The number of nitrogens with zero attached hydrogens (tertiary/aromatic N) is 1. The molecule has 1 fully saturated rings. The van der Waals surface area contributed by atoms with Crippen molar-refractivity contribution in [1.82, 2.24) is 5.32 Å². The molecule has 0 heterocycles. The molecule has 7 heteroatoms. The molecule has 0 radical (unpaired) electrons. The van der Waals surface area contributed by atoms with Gasteiger partial charge in [0.25, 0.3) is 11.6 Å². The first-order valence-corrected chi connectivity index (χ1v) is 6.39. The number of hydrogen-bond donors (Lipinski definition) is 2.